The van der Waals surface area contributed by atoms with Crippen LogP contribution in [-0.4, -0.2) is 35.1 Å². The van der Waals surface area contributed by atoms with Crippen LogP contribution in [0.4, 0.5) is 22.0 Å². The number of nitrogens with one attached hydrogen (secondary N) is 1. The molecule has 104 valence electrons. The van der Waals surface area contributed by atoms with Gasteiger partial charge in [0.1, 0.15) is 0 Å². The normalized spacial score (nSPS) is 27.6. The van der Waals surface area contributed by atoms with Crippen molar-refractivity contribution >= 4 is 11.9 Å². The summed E-state index contributed by atoms with van der Waals surface area (Å²) in [6.07, 6.45) is -7.19. The van der Waals surface area contributed by atoms with Gasteiger partial charge >= 0.3 is 18.1 Å². The minimum atomic E-state index is -5.27. The van der Waals surface area contributed by atoms with Gasteiger partial charge in [0.15, 0.2) is 0 Å². The topological polar surface area (TPSA) is 66.4 Å². The Morgan fingerprint density at radius 3 is 2.28 bits per heavy atom. The van der Waals surface area contributed by atoms with E-state index in [1.165, 1.54) is 0 Å². The van der Waals surface area contributed by atoms with E-state index in [1.807, 2.05) is 0 Å². The fraction of sp³-hybridized carbons (Fsp3) is 0.778. The number of carboxylic acid groups (broad SMARTS) is 1. The Hall–Kier alpha value is -1.41. The Bertz CT molecular complexity index is 355. The lowest BCUT2D eigenvalue weighted by Crippen LogP contribution is -2.55. The summed E-state index contributed by atoms with van der Waals surface area (Å²) >= 11 is 0. The molecule has 0 aromatic rings. The van der Waals surface area contributed by atoms with Gasteiger partial charge in [-0.2, -0.15) is 13.2 Å². The summed E-state index contributed by atoms with van der Waals surface area (Å²) in [4.78, 5) is 21.2. The van der Waals surface area contributed by atoms with Crippen molar-refractivity contribution in [2.45, 2.75) is 37.4 Å². The lowest BCUT2D eigenvalue weighted by molar-refractivity contribution is -0.179. The number of carbonyl (C=O) groups is 2. The molecule has 4 nitrogen and oxygen atoms in total. The van der Waals surface area contributed by atoms with Crippen LogP contribution in [0.2, 0.25) is 0 Å². The lowest BCUT2D eigenvalue weighted by atomic mass is 9.83. The smallest absolute Gasteiger partial charge is 0.471 e. The number of aliphatic carboxylic acids is 1. The lowest BCUT2D eigenvalue weighted by Gasteiger charge is -2.34. The Morgan fingerprint density at radius 1 is 1.28 bits per heavy atom. The van der Waals surface area contributed by atoms with Crippen LogP contribution in [0.1, 0.15) is 19.3 Å². The molecule has 1 aliphatic rings. The molecule has 1 rings (SSSR count). The van der Waals surface area contributed by atoms with E-state index in [0.717, 1.165) is 5.32 Å². The number of carboxylic acids is 1. The molecule has 0 bridgehead atoms. The van der Waals surface area contributed by atoms with E-state index >= 15 is 0 Å². The monoisotopic (exact) mass is 275 g/mol. The zero-order valence-corrected chi connectivity index (χ0v) is 8.93. The molecule has 0 unspecified atom stereocenters. The van der Waals surface area contributed by atoms with Crippen molar-refractivity contribution in [3.63, 3.8) is 0 Å². The third kappa shape index (κ3) is 3.30. The van der Waals surface area contributed by atoms with E-state index in [0.29, 0.717) is 0 Å². The molecule has 0 aromatic carbocycles. The molecule has 1 fully saturated rings. The maximum atomic E-state index is 13.3. The van der Waals surface area contributed by atoms with Crippen LogP contribution in [-0.2, 0) is 9.59 Å². The summed E-state index contributed by atoms with van der Waals surface area (Å²) in [5, 5.41) is 9.80. The van der Waals surface area contributed by atoms with Crippen LogP contribution in [0, 0.1) is 5.92 Å². The molecule has 1 aliphatic carbocycles. The quantitative estimate of drug-likeness (QED) is 0.751. The van der Waals surface area contributed by atoms with Crippen molar-refractivity contribution < 1.29 is 36.6 Å². The number of rotatable bonds is 2. The van der Waals surface area contributed by atoms with Crippen molar-refractivity contribution in [3.8, 4) is 0 Å². The highest BCUT2D eigenvalue weighted by Gasteiger charge is 2.50. The Labute approximate surface area is 98.1 Å². The molecule has 18 heavy (non-hydrogen) atoms. The van der Waals surface area contributed by atoms with Crippen LogP contribution in [0.5, 0.6) is 0 Å². The van der Waals surface area contributed by atoms with Gasteiger partial charge in [-0.1, -0.05) is 0 Å². The first-order valence-corrected chi connectivity index (χ1v) is 5.02. The summed E-state index contributed by atoms with van der Waals surface area (Å²) in [6.45, 7) is 0. The molecular weight excluding hydrogens is 265 g/mol. The zero-order chi connectivity index (χ0) is 14.1. The van der Waals surface area contributed by atoms with Gasteiger partial charge in [0.25, 0.3) is 5.92 Å². The largest absolute Gasteiger partial charge is 0.481 e. The average Bonchev–Trinajstić information content (AvgIpc) is 2.18. The van der Waals surface area contributed by atoms with E-state index in [9.17, 15) is 31.5 Å². The Kier molecular flexibility index (Phi) is 3.82. The van der Waals surface area contributed by atoms with E-state index in [2.05, 4.69) is 0 Å². The van der Waals surface area contributed by atoms with Gasteiger partial charge in [0, 0.05) is 6.42 Å². The number of hydrogen-bond acceptors (Lipinski definition) is 2. The maximum Gasteiger partial charge on any atom is 0.471 e. The summed E-state index contributed by atoms with van der Waals surface area (Å²) in [5.41, 5.74) is 0. The third-order valence-corrected chi connectivity index (χ3v) is 2.77. The Morgan fingerprint density at radius 2 is 1.83 bits per heavy atom. The number of halogens is 5. The molecule has 9 heteroatoms. The minimum Gasteiger partial charge on any atom is -0.481 e. The average molecular weight is 275 g/mol. The molecule has 0 saturated heterocycles. The van der Waals surface area contributed by atoms with E-state index in [1.54, 1.807) is 0 Å². The molecule has 0 radical (unpaired) electrons. The van der Waals surface area contributed by atoms with Gasteiger partial charge in [-0.3, -0.25) is 9.59 Å². The number of carbonyl (C=O) groups excluding carboxylic acids is 1. The second-order valence-corrected chi connectivity index (χ2v) is 4.09. The summed E-state index contributed by atoms with van der Waals surface area (Å²) in [6, 6.07) is -2.11. The van der Waals surface area contributed by atoms with Crippen molar-refractivity contribution in [1.29, 1.82) is 0 Å². The van der Waals surface area contributed by atoms with Crippen LogP contribution < -0.4 is 5.32 Å². The summed E-state index contributed by atoms with van der Waals surface area (Å²) in [5.74, 6) is -8.56. The van der Waals surface area contributed by atoms with Crippen molar-refractivity contribution in [2.24, 2.45) is 5.92 Å². The van der Waals surface area contributed by atoms with E-state index < -0.39 is 48.8 Å². The van der Waals surface area contributed by atoms with Gasteiger partial charge in [0.2, 0.25) is 0 Å². The van der Waals surface area contributed by atoms with Crippen molar-refractivity contribution in [2.75, 3.05) is 0 Å². The predicted molar refractivity (Wildman–Crippen MR) is 47.9 cm³/mol. The first-order chi connectivity index (χ1) is 8.04. The SMILES string of the molecule is O=C(O)[C@H]1CCC(F)(F)[C@H](NC(=O)C(F)(F)F)C1. The van der Waals surface area contributed by atoms with Crippen molar-refractivity contribution in [3.05, 3.63) is 0 Å². The summed E-state index contributed by atoms with van der Waals surface area (Å²) in [7, 11) is 0. The van der Waals surface area contributed by atoms with Gasteiger partial charge < -0.3 is 10.4 Å². The molecule has 2 atom stereocenters. The number of alkyl halides is 5. The number of hydrogen-bond donors (Lipinski definition) is 2. The highest BCUT2D eigenvalue weighted by atomic mass is 19.4. The molecule has 1 amide bonds. The first-order valence-electron chi connectivity index (χ1n) is 5.02. The van der Waals surface area contributed by atoms with Gasteiger partial charge in [-0.15, -0.1) is 0 Å². The van der Waals surface area contributed by atoms with Crippen molar-refractivity contribution in [1.82, 2.24) is 5.32 Å². The van der Waals surface area contributed by atoms with Crippen LogP contribution in [0.15, 0.2) is 0 Å². The first kappa shape index (κ1) is 14.7. The van der Waals surface area contributed by atoms with Gasteiger partial charge in [-0.25, -0.2) is 8.78 Å². The van der Waals surface area contributed by atoms with E-state index in [-0.39, 0.29) is 6.42 Å². The highest BCUT2D eigenvalue weighted by Crippen LogP contribution is 2.37. The molecular formula is C9H10F5NO3. The van der Waals surface area contributed by atoms with Gasteiger partial charge in [-0.05, 0) is 12.8 Å². The van der Waals surface area contributed by atoms with E-state index in [4.69, 9.17) is 5.11 Å². The Balaban J connectivity index is 2.76. The molecule has 0 heterocycles. The van der Waals surface area contributed by atoms with Crippen LogP contribution in [0.25, 0.3) is 0 Å². The fourth-order valence-corrected chi connectivity index (χ4v) is 1.74. The summed E-state index contributed by atoms with van der Waals surface area (Å²) < 4.78 is 62.4. The second-order valence-electron chi connectivity index (χ2n) is 4.09. The number of amides is 1. The third-order valence-electron chi connectivity index (χ3n) is 2.77. The molecule has 1 saturated carbocycles. The minimum absolute atomic E-state index is 0.333. The van der Waals surface area contributed by atoms with Gasteiger partial charge in [0.05, 0.1) is 12.0 Å². The van der Waals surface area contributed by atoms with Crippen LogP contribution >= 0.6 is 0 Å². The second kappa shape index (κ2) is 4.69. The predicted octanol–water partition coefficient (Wildman–Crippen LogP) is 1.55. The molecule has 2 N–H and O–H groups in total. The maximum absolute atomic E-state index is 13.3. The standard InChI is InChI=1S/C9H10F5NO3/c10-8(11)2-1-4(6(16)17)3-5(8)15-7(18)9(12,13)14/h4-5H,1-3H2,(H,15,18)(H,16,17)/t4-,5+/m0/s1. The molecule has 0 aromatic heterocycles. The molecule has 0 aliphatic heterocycles. The molecule has 0 spiro atoms. The highest BCUT2D eigenvalue weighted by molar-refractivity contribution is 5.82. The fourth-order valence-electron chi connectivity index (χ4n) is 1.74. The zero-order valence-electron chi connectivity index (χ0n) is 8.93. The van der Waals surface area contributed by atoms with Crippen LogP contribution in [0.3, 0.4) is 0 Å².